The molecule has 0 aliphatic carbocycles. The van der Waals surface area contributed by atoms with Crippen LogP contribution in [-0.4, -0.2) is 62.7 Å². The van der Waals surface area contributed by atoms with Gasteiger partial charge in [0.1, 0.15) is 29.6 Å². The van der Waals surface area contributed by atoms with E-state index in [0.717, 1.165) is 17.0 Å². The molecule has 8 nitrogen and oxygen atoms in total. The number of aliphatic hydroxyl groups is 1. The molecule has 1 unspecified atom stereocenters. The molecule has 2 aliphatic heterocycles. The Morgan fingerprint density at radius 1 is 1.03 bits per heavy atom. The summed E-state index contributed by atoms with van der Waals surface area (Å²) in [5, 5.41) is 11.5. The van der Waals surface area contributed by atoms with Gasteiger partial charge in [-0.15, -0.1) is 0 Å². The normalized spacial score (nSPS) is 18.2. The highest BCUT2D eigenvalue weighted by molar-refractivity contribution is 6.46. The number of ketones is 1. The minimum Gasteiger partial charge on any atom is -0.507 e. The summed E-state index contributed by atoms with van der Waals surface area (Å²) >= 11 is 0. The zero-order chi connectivity index (χ0) is 26.8. The fraction of sp³-hybridized carbons (Fsp3) is 0.267. The number of Topliss-reactive ketones (excluding diaryl/α,β-unsaturated/α-hetero) is 1. The summed E-state index contributed by atoms with van der Waals surface area (Å²) in [4.78, 5) is 30.4. The van der Waals surface area contributed by atoms with Crippen molar-refractivity contribution in [3.63, 3.8) is 0 Å². The largest absolute Gasteiger partial charge is 0.507 e. The molecule has 196 valence electrons. The SMILES string of the molecule is COc1ccc(CCN2C(=O)C(=O)/C(=C(/O)c3ccc4c(c3)N(C)CCO4)C2c2ccccc2OC)cc1. The van der Waals surface area contributed by atoms with Gasteiger partial charge in [-0.2, -0.15) is 0 Å². The zero-order valence-electron chi connectivity index (χ0n) is 21.6. The van der Waals surface area contributed by atoms with Gasteiger partial charge >= 0.3 is 0 Å². The van der Waals surface area contributed by atoms with E-state index in [4.69, 9.17) is 14.2 Å². The highest BCUT2D eigenvalue weighted by Crippen LogP contribution is 2.43. The minimum atomic E-state index is -0.811. The first-order chi connectivity index (χ1) is 18.4. The maximum atomic E-state index is 13.5. The first kappa shape index (κ1) is 25.2. The van der Waals surface area contributed by atoms with Gasteiger partial charge in [0.2, 0.25) is 0 Å². The molecule has 1 N–H and O–H groups in total. The van der Waals surface area contributed by atoms with E-state index in [9.17, 15) is 14.7 Å². The number of fused-ring (bicyclic) bond motifs is 1. The molecule has 38 heavy (non-hydrogen) atoms. The lowest BCUT2D eigenvalue weighted by atomic mass is 9.94. The molecule has 0 bridgehead atoms. The maximum absolute atomic E-state index is 13.5. The quantitative estimate of drug-likeness (QED) is 0.287. The summed E-state index contributed by atoms with van der Waals surface area (Å²) in [6.45, 7) is 1.55. The highest BCUT2D eigenvalue weighted by Gasteiger charge is 2.46. The number of rotatable bonds is 7. The fourth-order valence-electron chi connectivity index (χ4n) is 5.02. The number of benzene rings is 3. The third kappa shape index (κ3) is 4.53. The van der Waals surface area contributed by atoms with E-state index >= 15 is 0 Å². The fourth-order valence-corrected chi connectivity index (χ4v) is 5.02. The van der Waals surface area contributed by atoms with Gasteiger partial charge in [0, 0.05) is 24.7 Å². The number of amides is 1. The molecule has 0 aromatic heterocycles. The van der Waals surface area contributed by atoms with Crippen LogP contribution >= 0.6 is 0 Å². The molecule has 3 aromatic rings. The van der Waals surface area contributed by atoms with Crippen LogP contribution in [0.4, 0.5) is 5.69 Å². The van der Waals surface area contributed by atoms with Crippen LogP contribution in [0.1, 0.15) is 22.7 Å². The van der Waals surface area contributed by atoms with E-state index in [1.54, 1.807) is 38.5 Å². The van der Waals surface area contributed by atoms with Crippen LogP contribution in [0.2, 0.25) is 0 Å². The lowest BCUT2D eigenvalue weighted by Gasteiger charge is -2.28. The van der Waals surface area contributed by atoms with Crippen molar-refractivity contribution in [3.8, 4) is 17.2 Å². The van der Waals surface area contributed by atoms with E-state index in [-0.39, 0.29) is 17.9 Å². The summed E-state index contributed by atoms with van der Waals surface area (Å²) in [6, 6.07) is 19.3. The zero-order valence-corrected chi connectivity index (χ0v) is 21.6. The van der Waals surface area contributed by atoms with Gasteiger partial charge in [-0.3, -0.25) is 9.59 Å². The Balaban J connectivity index is 1.58. The number of ether oxygens (including phenoxy) is 3. The Morgan fingerprint density at radius 2 is 1.79 bits per heavy atom. The number of hydrogen-bond donors (Lipinski definition) is 1. The number of aliphatic hydroxyl groups excluding tert-OH is 1. The van der Waals surface area contributed by atoms with Gasteiger partial charge in [0.25, 0.3) is 11.7 Å². The second-order valence-corrected chi connectivity index (χ2v) is 9.29. The number of para-hydroxylation sites is 1. The van der Waals surface area contributed by atoms with Crippen LogP contribution < -0.4 is 19.1 Å². The monoisotopic (exact) mass is 514 g/mol. The van der Waals surface area contributed by atoms with Crippen LogP contribution in [-0.2, 0) is 16.0 Å². The molecule has 1 amide bonds. The molecular weight excluding hydrogens is 484 g/mol. The predicted molar refractivity (Wildman–Crippen MR) is 144 cm³/mol. The number of nitrogens with zero attached hydrogens (tertiary/aromatic N) is 2. The summed E-state index contributed by atoms with van der Waals surface area (Å²) < 4.78 is 16.6. The average molecular weight is 515 g/mol. The van der Waals surface area contributed by atoms with Crippen LogP contribution in [0.15, 0.2) is 72.3 Å². The predicted octanol–water partition coefficient (Wildman–Crippen LogP) is 4.20. The molecule has 1 atom stereocenters. The van der Waals surface area contributed by atoms with E-state index < -0.39 is 17.7 Å². The number of carbonyl (C=O) groups is 2. The van der Waals surface area contributed by atoms with Crippen molar-refractivity contribution in [2.75, 3.05) is 45.9 Å². The minimum absolute atomic E-state index is 0.0357. The Kier molecular flexibility index (Phi) is 6.96. The molecule has 0 spiro atoms. The van der Waals surface area contributed by atoms with Gasteiger partial charge < -0.3 is 29.1 Å². The van der Waals surface area contributed by atoms with Gasteiger partial charge in [-0.1, -0.05) is 30.3 Å². The Labute approximate surface area is 221 Å². The van der Waals surface area contributed by atoms with Gasteiger partial charge in [-0.05, 0) is 48.4 Å². The number of methoxy groups -OCH3 is 2. The summed E-state index contributed by atoms with van der Waals surface area (Å²) in [5.41, 5.74) is 2.90. The highest BCUT2D eigenvalue weighted by atomic mass is 16.5. The van der Waals surface area contributed by atoms with Crippen LogP contribution in [0, 0.1) is 0 Å². The third-order valence-electron chi connectivity index (χ3n) is 7.10. The number of likely N-dealkylation sites (tertiary alicyclic amines) is 1. The molecule has 1 saturated heterocycles. The van der Waals surface area contributed by atoms with Gasteiger partial charge in [0.05, 0.1) is 38.1 Å². The van der Waals surface area contributed by atoms with Crippen molar-refractivity contribution in [2.45, 2.75) is 12.5 Å². The molecule has 2 heterocycles. The molecular formula is C30H30N2O6. The Bertz CT molecular complexity index is 1400. The lowest BCUT2D eigenvalue weighted by molar-refractivity contribution is -0.139. The first-order valence-electron chi connectivity index (χ1n) is 12.5. The lowest BCUT2D eigenvalue weighted by Crippen LogP contribution is -2.31. The number of anilines is 1. The van der Waals surface area contributed by atoms with E-state index in [2.05, 4.69) is 0 Å². The first-order valence-corrected chi connectivity index (χ1v) is 12.5. The van der Waals surface area contributed by atoms with E-state index in [0.29, 0.717) is 42.2 Å². The molecule has 3 aromatic carbocycles. The smallest absolute Gasteiger partial charge is 0.295 e. The molecule has 2 aliphatic rings. The van der Waals surface area contributed by atoms with Crippen LogP contribution in [0.25, 0.3) is 5.76 Å². The molecule has 0 radical (unpaired) electrons. The third-order valence-corrected chi connectivity index (χ3v) is 7.10. The number of likely N-dealkylation sites (N-methyl/N-ethyl adjacent to an activating group) is 1. The maximum Gasteiger partial charge on any atom is 0.295 e. The summed E-state index contributed by atoms with van der Waals surface area (Å²) in [7, 11) is 5.09. The van der Waals surface area contributed by atoms with Gasteiger partial charge in [-0.25, -0.2) is 0 Å². The van der Waals surface area contributed by atoms with Crippen molar-refractivity contribution in [1.82, 2.24) is 4.90 Å². The van der Waals surface area contributed by atoms with Crippen LogP contribution in [0.3, 0.4) is 0 Å². The van der Waals surface area contributed by atoms with Crippen molar-refractivity contribution < 1.29 is 28.9 Å². The number of hydrogen-bond acceptors (Lipinski definition) is 7. The van der Waals surface area contributed by atoms with E-state index in [1.807, 2.05) is 54.4 Å². The molecule has 8 heteroatoms. The average Bonchev–Trinajstić information content (AvgIpc) is 3.20. The molecule has 0 saturated carbocycles. The van der Waals surface area contributed by atoms with Crippen molar-refractivity contribution >= 4 is 23.1 Å². The Morgan fingerprint density at radius 3 is 2.53 bits per heavy atom. The standard InChI is InChI=1S/C30H30N2O6/c1-31-16-17-38-25-13-10-20(18-23(25)31)28(33)26-27(22-6-4-5-7-24(22)37-3)32(30(35)29(26)34)15-14-19-8-11-21(36-2)12-9-19/h4-13,18,27,33H,14-17H2,1-3H3/b28-26+. The summed E-state index contributed by atoms with van der Waals surface area (Å²) in [5.74, 6) is 0.358. The van der Waals surface area contributed by atoms with Crippen LogP contribution in [0.5, 0.6) is 17.2 Å². The topological polar surface area (TPSA) is 88.5 Å². The van der Waals surface area contributed by atoms with Crippen molar-refractivity contribution in [3.05, 3.63) is 89.0 Å². The van der Waals surface area contributed by atoms with Crippen molar-refractivity contribution in [1.29, 1.82) is 0 Å². The van der Waals surface area contributed by atoms with Gasteiger partial charge in [0.15, 0.2) is 0 Å². The molecule has 1 fully saturated rings. The second kappa shape index (κ2) is 10.5. The Hall–Kier alpha value is -4.46. The molecule has 5 rings (SSSR count). The summed E-state index contributed by atoms with van der Waals surface area (Å²) in [6.07, 6.45) is 0.518. The van der Waals surface area contributed by atoms with Crippen molar-refractivity contribution in [2.24, 2.45) is 0 Å². The second-order valence-electron chi connectivity index (χ2n) is 9.29. The number of carbonyl (C=O) groups excluding carboxylic acids is 2. The van der Waals surface area contributed by atoms with E-state index in [1.165, 1.54) is 4.90 Å².